The summed E-state index contributed by atoms with van der Waals surface area (Å²) in [5.74, 6) is 2.81. The van der Waals surface area contributed by atoms with Gasteiger partial charge >= 0.3 is 0 Å². The van der Waals surface area contributed by atoms with Crippen LogP contribution in [0.5, 0.6) is 5.88 Å². The number of nitrogens with zero attached hydrogens (tertiary/aromatic N) is 5. The number of H-pyrrole nitrogens is 1. The lowest BCUT2D eigenvalue weighted by atomic mass is 9.80. The van der Waals surface area contributed by atoms with Crippen molar-refractivity contribution in [3.8, 4) is 5.88 Å². The van der Waals surface area contributed by atoms with E-state index < -0.39 is 0 Å². The van der Waals surface area contributed by atoms with E-state index in [0.717, 1.165) is 38.5 Å². The fourth-order valence-corrected chi connectivity index (χ4v) is 5.95. The minimum Gasteiger partial charge on any atom is -0.481 e. The summed E-state index contributed by atoms with van der Waals surface area (Å²) >= 11 is 0. The van der Waals surface area contributed by atoms with Crippen LogP contribution in [0.15, 0.2) is 12.1 Å². The lowest BCUT2D eigenvalue weighted by Crippen LogP contribution is -2.59. The fourth-order valence-electron chi connectivity index (χ4n) is 5.95. The van der Waals surface area contributed by atoms with E-state index in [4.69, 9.17) is 9.72 Å². The number of piperidine rings is 2. The number of methoxy groups -OCH3 is 1. The third-order valence-electron chi connectivity index (χ3n) is 7.73. The molecule has 2 bridgehead atoms. The Balaban J connectivity index is 1.33. The van der Waals surface area contributed by atoms with Crippen molar-refractivity contribution in [2.45, 2.75) is 82.5 Å². The zero-order valence-corrected chi connectivity index (χ0v) is 20.0. The van der Waals surface area contributed by atoms with Crippen LogP contribution in [0.1, 0.15) is 63.5 Å². The highest BCUT2D eigenvalue weighted by Crippen LogP contribution is 2.39. The van der Waals surface area contributed by atoms with Crippen LogP contribution < -0.4 is 15.0 Å². The number of amides is 1. The molecule has 1 saturated carbocycles. The van der Waals surface area contributed by atoms with Crippen LogP contribution in [0.2, 0.25) is 0 Å². The van der Waals surface area contributed by atoms with E-state index >= 15 is 0 Å². The molecule has 2 aromatic heterocycles. The molecule has 0 radical (unpaired) electrons. The molecular formula is C24H35N7O3. The molecule has 10 nitrogen and oxygen atoms in total. The molecule has 3 fully saturated rings. The first-order valence-electron chi connectivity index (χ1n) is 12.5. The Kier molecular flexibility index (Phi) is 6.58. The van der Waals surface area contributed by atoms with Gasteiger partial charge in [0, 0.05) is 43.2 Å². The third kappa shape index (κ3) is 4.55. The highest BCUT2D eigenvalue weighted by atomic mass is 16.5. The summed E-state index contributed by atoms with van der Waals surface area (Å²) in [6, 6.07) is 4.32. The van der Waals surface area contributed by atoms with Gasteiger partial charge in [0.25, 0.3) is 0 Å². The van der Waals surface area contributed by atoms with Crippen LogP contribution in [0.3, 0.4) is 0 Å². The minimum atomic E-state index is -0.111. The second-order valence-electron chi connectivity index (χ2n) is 9.86. The Labute approximate surface area is 200 Å². The van der Waals surface area contributed by atoms with E-state index in [0.29, 0.717) is 47.1 Å². The maximum absolute atomic E-state index is 13.3. The molecule has 1 aliphatic carbocycles. The topological polar surface area (TPSA) is 119 Å². The lowest BCUT2D eigenvalue weighted by molar-refractivity contribution is -0.145. The lowest BCUT2D eigenvalue weighted by Gasteiger charge is -2.51. The largest absolute Gasteiger partial charge is 0.481 e. The van der Waals surface area contributed by atoms with Crippen LogP contribution in [0.4, 0.5) is 17.6 Å². The molecule has 0 aromatic carbocycles. The molecule has 2 aliphatic heterocycles. The Bertz CT molecular complexity index is 992. The molecule has 3 aliphatic rings. The minimum absolute atomic E-state index is 0.111. The summed E-state index contributed by atoms with van der Waals surface area (Å²) in [7, 11) is 3.62. The zero-order valence-electron chi connectivity index (χ0n) is 20.0. The molecule has 2 aromatic rings. The van der Waals surface area contributed by atoms with Gasteiger partial charge in [0.05, 0.1) is 19.4 Å². The Hall–Kier alpha value is -2.88. The number of rotatable bonds is 7. The average molecular weight is 470 g/mol. The molecule has 3 N–H and O–H groups in total. The molecule has 184 valence electrons. The summed E-state index contributed by atoms with van der Waals surface area (Å²) in [5, 5.41) is 19.3. The second kappa shape index (κ2) is 9.77. The Morgan fingerprint density at radius 1 is 1.15 bits per heavy atom. The number of aromatic nitrogens is 4. The van der Waals surface area contributed by atoms with Crippen molar-refractivity contribution in [2.75, 3.05) is 24.4 Å². The van der Waals surface area contributed by atoms with Gasteiger partial charge in [-0.25, -0.2) is 0 Å². The second-order valence-corrected chi connectivity index (χ2v) is 9.86. The normalized spacial score (nSPS) is 24.8. The Morgan fingerprint density at radius 2 is 1.88 bits per heavy atom. The van der Waals surface area contributed by atoms with Crippen LogP contribution in [0.25, 0.3) is 0 Å². The zero-order chi connectivity index (χ0) is 23.7. The highest BCUT2D eigenvalue weighted by Gasteiger charge is 2.44. The summed E-state index contributed by atoms with van der Waals surface area (Å²) in [4.78, 5) is 27.1. The molecule has 5 rings (SSSR count). The molecule has 10 heteroatoms. The van der Waals surface area contributed by atoms with Crippen LogP contribution in [-0.4, -0.2) is 68.4 Å². The molecule has 0 unspecified atom stereocenters. The van der Waals surface area contributed by atoms with Crippen molar-refractivity contribution >= 4 is 23.5 Å². The molecule has 34 heavy (non-hydrogen) atoms. The van der Waals surface area contributed by atoms with E-state index in [1.54, 1.807) is 19.2 Å². The maximum Gasteiger partial charge on any atom is 0.230 e. The first kappa shape index (κ1) is 22.9. The molecule has 4 heterocycles. The number of aliphatic hydroxyl groups excluding tert-OH is 1. The summed E-state index contributed by atoms with van der Waals surface area (Å²) in [6.45, 7) is -0.111. The standard InChI is InChI=1S/C24H35N7O3/c1-30(24-26-20(13-22(27-24)34-2)25-21-10-16(14-32)28-29-21)19-11-17-8-5-9-18(12-19)31(17)23(33)15-6-3-4-7-15/h10,13,15,17-19,32H,3-9,11-12,14H2,1-2H3,(H2,25,26,27,28,29)/t17-,18+,19+. The molecule has 2 saturated heterocycles. The number of aromatic amines is 1. The van der Waals surface area contributed by atoms with Gasteiger partial charge in [-0.1, -0.05) is 12.8 Å². The van der Waals surface area contributed by atoms with Crippen molar-refractivity contribution in [3.63, 3.8) is 0 Å². The quantitative estimate of drug-likeness (QED) is 0.566. The van der Waals surface area contributed by atoms with Crippen LogP contribution in [-0.2, 0) is 11.4 Å². The number of hydrogen-bond donors (Lipinski definition) is 3. The van der Waals surface area contributed by atoms with E-state index in [2.05, 4.69) is 30.3 Å². The van der Waals surface area contributed by atoms with Gasteiger partial charge in [-0.15, -0.1) is 0 Å². The van der Waals surface area contributed by atoms with Gasteiger partial charge in [0.15, 0.2) is 5.82 Å². The number of carbonyl (C=O) groups excluding carboxylic acids is 1. The van der Waals surface area contributed by atoms with E-state index in [1.165, 1.54) is 19.3 Å². The van der Waals surface area contributed by atoms with Gasteiger partial charge in [0.2, 0.25) is 17.7 Å². The molecule has 0 spiro atoms. The van der Waals surface area contributed by atoms with Crippen molar-refractivity contribution in [1.82, 2.24) is 25.1 Å². The van der Waals surface area contributed by atoms with E-state index in [1.807, 2.05) is 7.05 Å². The first-order chi connectivity index (χ1) is 16.6. The monoisotopic (exact) mass is 469 g/mol. The number of aliphatic hydroxyl groups is 1. The number of carbonyl (C=O) groups is 1. The molecule has 1 amide bonds. The van der Waals surface area contributed by atoms with Gasteiger partial charge in [-0.05, 0) is 44.9 Å². The number of hydrogen-bond acceptors (Lipinski definition) is 8. The average Bonchev–Trinajstić information content (AvgIpc) is 3.54. The highest BCUT2D eigenvalue weighted by molar-refractivity contribution is 5.80. The van der Waals surface area contributed by atoms with Gasteiger partial charge < -0.3 is 25.0 Å². The van der Waals surface area contributed by atoms with Crippen molar-refractivity contribution in [1.29, 1.82) is 0 Å². The summed E-state index contributed by atoms with van der Waals surface area (Å²) in [5.41, 5.74) is 0.617. The maximum atomic E-state index is 13.3. The summed E-state index contributed by atoms with van der Waals surface area (Å²) in [6.07, 6.45) is 9.73. The van der Waals surface area contributed by atoms with Crippen LogP contribution >= 0.6 is 0 Å². The number of anilines is 3. The van der Waals surface area contributed by atoms with Gasteiger partial charge in [-0.2, -0.15) is 15.1 Å². The Morgan fingerprint density at radius 3 is 2.53 bits per heavy atom. The van der Waals surface area contributed by atoms with Crippen molar-refractivity contribution in [3.05, 3.63) is 17.8 Å². The van der Waals surface area contributed by atoms with Crippen molar-refractivity contribution in [2.24, 2.45) is 5.92 Å². The third-order valence-corrected chi connectivity index (χ3v) is 7.73. The number of nitrogens with one attached hydrogen (secondary N) is 2. The smallest absolute Gasteiger partial charge is 0.230 e. The SMILES string of the molecule is COc1cc(Nc2cc(CO)[nH]n2)nc(N(C)[C@H]2C[C@H]3CCC[C@@H](C2)N3C(=O)C2CCCC2)n1. The van der Waals surface area contributed by atoms with Crippen molar-refractivity contribution < 1.29 is 14.6 Å². The predicted molar refractivity (Wildman–Crippen MR) is 128 cm³/mol. The van der Waals surface area contributed by atoms with E-state index in [-0.39, 0.29) is 18.6 Å². The molecular weight excluding hydrogens is 434 g/mol. The fraction of sp³-hybridized carbons (Fsp3) is 0.667. The number of fused-ring (bicyclic) bond motifs is 2. The van der Waals surface area contributed by atoms with Crippen LogP contribution in [0, 0.1) is 5.92 Å². The summed E-state index contributed by atoms with van der Waals surface area (Å²) < 4.78 is 5.44. The predicted octanol–water partition coefficient (Wildman–Crippen LogP) is 2.98. The first-order valence-corrected chi connectivity index (χ1v) is 12.5. The number of ether oxygens (including phenoxy) is 1. The van der Waals surface area contributed by atoms with Gasteiger partial charge in [-0.3, -0.25) is 9.89 Å². The molecule has 3 atom stereocenters. The van der Waals surface area contributed by atoms with Gasteiger partial charge in [0.1, 0.15) is 5.82 Å². The van der Waals surface area contributed by atoms with E-state index in [9.17, 15) is 9.90 Å².